The quantitative estimate of drug-likeness (QED) is 0.321. The molecule has 36 heavy (non-hydrogen) atoms. The normalized spacial score (nSPS) is 17.6. The number of nitrogens with zero attached hydrogens (tertiary/aromatic N) is 3. The first-order valence-electron chi connectivity index (χ1n) is 12.5. The van der Waals surface area contributed by atoms with E-state index >= 15 is 0 Å². The van der Waals surface area contributed by atoms with E-state index in [0.29, 0.717) is 12.2 Å². The van der Waals surface area contributed by atoms with Crippen molar-refractivity contribution in [1.29, 1.82) is 0 Å². The highest BCUT2D eigenvalue weighted by Crippen LogP contribution is 2.50. The molecule has 1 aliphatic heterocycles. The highest BCUT2D eigenvalue weighted by Gasteiger charge is 2.45. The molecule has 2 fully saturated rings. The average molecular weight is 504 g/mol. The van der Waals surface area contributed by atoms with Crippen molar-refractivity contribution in [2.75, 3.05) is 18.0 Å². The second kappa shape index (κ2) is 9.01. The van der Waals surface area contributed by atoms with Crippen LogP contribution in [0.2, 0.25) is 0 Å². The van der Waals surface area contributed by atoms with E-state index in [-0.39, 0.29) is 11.5 Å². The third kappa shape index (κ3) is 4.29. The van der Waals surface area contributed by atoms with E-state index in [0.717, 1.165) is 76.7 Å². The van der Waals surface area contributed by atoms with Gasteiger partial charge in [0.05, 0.1) is 28.5 Å². The third-order valence-electron chi connectivity index (χ3n) is 7.54. The zero-order valence-electron chi connectivity index (χ0n) is 20.5. The summed E-state index contributed by atoms with van der Waals surface area (Å²) in [5, 5.41) is 14.7. The summed E-state index contributed by atoms with van der Waals surface area (Å²) in [6.45, 7) is 6.56. The van der Waals surface area contributed by atoms with Crippen LogP contribution in [0.15, 0.2) is 47.0 Å². The molecular formula is C28H29N3O4S. The molecule has 2 aliphatic rings. The molecule has 2 aromatic heterocycles. The minimum Gasteiger partial charge on any atom is -0.478 e. The van der Waals surface area contributed by atoms with Crippen LogP contribution in [-0.2, 0) is 16.8 Å². The van der Waals surface area contributed by atoms with Crippen molar-refractivity contribution in [3.63, 3.8) is 0 Å². The van der Waals surface area contributed by atoms with E-state index in [1.165, 1.54) is 5.56 Å². The molecule has 0 bridgehead atoms. The molecule has 6 rings (SSSR count). The fraction of sp³-hybridized carbons (Fsp3) is 0.393. The number of thiazole rings is 1. The molecule has 2 aromatic carbocycles. The Morgan fingerprint density at radius 1 is 1.22 bits per heavy atom. The molecule has 4 aromatic rings. The van der Waals surface area contributed by atoms with Crippen LogP contribution in [0.4, 0.5) is 5.13 Å². The monoisotopic (exact) mass is 503 g/mol. The van der Waals surface area contributed by atoms with Gasteiger partial charge in [-0.3, -0.25) is 0 Å². The average Bonchev–Trinajstić information content (AvgIpc) is 3.29. The van der Waals surface area contributed by atoms with Gasteiger partial charge in [-0.25, -0.2) is 9.78 Å². The first-order chi connectivity index (χ1) is 17.4. The molecule has 186 valence electrons. The van der Waals surface area contributed by atoms with Crippen molar-refractivity contribution in [1.82, 2.24) is 10.1 Å². The van der Waals surface area contributed by atoms with E-state index < -0.39 is 5.97 Å². The highest BCUT2D eigenvalue weighted by atomic mass is 32.1. The van der Waals surface area contributed by atoms with Gasteiger partial charge in [-0.05, 0) is 56.4 Å². The second-order valence-electron chi connectivity index (χ2n) is 10.2. The van der Waals surface area contributed by atoms with Gasteiger partial charge in [0, 0.05) is 29.6 Å². The van der Waals surface area contributed by atoms with Gasteiger partial charge in [-0.1, -0.05) is 47.7 Å². The molecule has 3 heterocycles. The van der Waals surface area contributed by atoms with E-state index in [9.17, 15) is 9.90 Å². The maximum absolute atomic E-state index is 11.3. The van der Waals surface area contributed by atoms with E-state index in [1.807, 2.05) is 12.1 Å². The third-order valence-corrected chi connectivity index (χ3v) is 8.62. The fourth-order valence-electron chi connectivity index (χ4n) is 4.98. The molecule has 1 saturated heterocycles. The molecule has 1 saturated carbocycles. The number of ether oxygens (including phenoxy) is 1. The predicted octanol–water partition coefficient (Wildman–Crippen LogP) is 6.20. The van der Waals surface area contributed by atoms with E-state index in [1.54, 1.807) is 29.5 Å². The summed E-state index contributed by atoms with van der Waals surface area (Å²) in [7, 11) is 0. The highest BCUT2D eigenvalue weighted by molar-refractivity contribution is 7.22. The van der Waals surface area contributed by atoms with Crippen LogP contribution in [0, 0.1) is 6.92 Å². The Labute approximate surface area is 213 Å². The van der Waals surface area contributed by atoms with Crippen LogP contribution < -0.4 is 4.90 Å². The summed E-state index contributed by atoms with van der Waals surface area (Å²) in [5.74, 6) is 0.0652. The minimum absolute atomic E-state index is 0.0728. The first-order valence-corrected chi connectivity index (χ1v) is 13.3. The number of carboxylic acids is 1. The van der Waals surface area contributed by atoms with Crippen LogP contribution in [0.3, 0.4) is 0 Å². The van der Waals surface area contributed by atoms with Gasteiger partial charge in [-0.15, -0.1) is 0 Å². The number of hydrogen-bond acceptors (Lipinski definition) is 7. The zero-order chi connectivity index (χ0) is 24.9. The van der Waals surface area contributed by atoms with Crippen LogP contribution in [0.1, 0.15) is 59.9 Å². The minimum atomic E-state index is -0.915. The number of fused-ring (bicyclic) bond motifs is 1. The van der Waals surface area contributed by atoms with Crippen LogP contribution in [-0.4, -0.2) is 40.4 Å². The van der Waals surface area contributed by atoms with Crippen molar-refractivity contribution >= 4 is 32.7 Å². The summed E-state index contributed by atoms with van der Waals surface area (Å²) in [5.41, 5.74) is 5.49. The lowest BCUT2D eigenvalue weighted by Crippen LogP contribution is -2.37. The number of benzene rings is 2. The summed E-state index contributed by atoms with van der Waals surface area (Å²) < 4.78 is 13.3. The lowest BCUT2D eigenvalue weighted by molar-refractivity contribution is 0.0244. The van der Waals surface area contributed by atoms with Crippen LogP contribution in [0.25, 0.3) is 21.5 Å². The van der Waals surface area contributed by atoms with Crippen molar-refractivity contribution in [3.8, 4) is 11.3 Å². The number of piperidine rings is 1. The molecule has 0 atom stereocenters. The standard InChI is InChI=1S/C28H29N3O4S/c1-17-5-3-4-6-20(17)24-21(25(35-30-24)28(2)11-12-28)16-34-19-9-13-31(14-10-19)27-29-22-8-7-18(26(32)33)15-23(22)36-27/h3-8,15,19H,9-14,16H2,1-2H3,(H,32,33). The predicted molar refractivity (Wildman–Crippen MR) is 140 cm³/mol. The largest absolute Gasteiger partial charge is 0.478 e. The Morgan fingerprint density at radius 2 is 2.00 bits per heavy atom. The summed E-state index contributed by atoms with van der Waals surface area (Å²) in [6, 6.07) is 13.4. The van der Waals surface area contributed by atoms with Crippen molar-refractivity contribution in [2.24, 2.45) is 0 Å². The lowest BCUT2D eigenvalue weighted by atomic mass is 9.96. The molecule has 1 N–H and O–H groups in total. The van der Waals surface area contributed by atoms with Gasteiger partial charge in [0.25, 0.3) is 0 Å². The van der Waals surface area contributed by atoms with Crippen molar-refractivity contribution < 1.29 is 19.2 Å². The summed E-state index contributed by atoms with van der Waals surface area (Å²) >= 11 is 1.55. The maximum atomic E-state index is 11.3. The Kier molecular flexibility index (Phi) is 5.80. The van der Waals surface area contributed by atoms with Gasteiger partial charge >= 0.3 is 5.97 Å². The summed E-state index contributed by atoms with van der Waals surface area (Å²) in [6.07, 6.45) is 4.23. The number of aryl methyl sites for hydroxylation is 1. The molecule has 0 spiro atoms. The number of aromatic carboxylic acids is 1. The van der Waals surface area contributed by atoms with E-state index in [2.05, 4.69) is 36.0 Å². The van der Waals surface area contributed by atoms with Gasteiger partial charge in [0.1, 0.15) is 11.5 Å². The number of aromatic nitrogens is 2. The number of hydrogen-bond donors (Lipinski definition) is 1. The summed E-state index contributed by atoms with van der Waals surface area (Å²) in [4.78, 5) is 18.3. The topological polar surface area (TPSA) is 88.7 Å². The fourth-order valence-corrected chi connectivity index (χ4v) is 6.03. The van der Waals surface area contributed by atoms with Gasteiger partial charge in [-0.2, -0.15) is 0 Å². The SMILES string of the molecule is Cc1ccccc1-c1noc(C2(C)CC2)c1COC1CCN(c2nc3ccc(C(=O)O)cc3s2)CC1. The number of anilines is 1. The molecular weight excluding hydrogens is 474 g/mol. The Morgan fingerprint density at radius 3 is 2.72 bits per heavy atom. The van der Waals surface area contributed by atoms with Crippen molar-refractivity contribution in [3.05, 3.63) is 64.9 Å². The Hall–Kier alpha value is -3.23. The molecule has 0 amide bonds. The Bertz CT molecular complexity index is 1430. The first kappa shape index (κ1) is 23.2. The number of rotatable bonds is 7. The van der Waals surface area contributed by atoms with Crippen LogP contribution >= 0.6 is 11.3 Å². The zero-order valence-corrected chi connectivity index (χ0v) is 21.3. The van der Waals surface area contributed by atoms with Crippen molar-refractivity contribution in [2.45, 2.75) is 57.7 Å². The number of carboxylic acid groups (broad SMARTS) is 1. The van der Waals surface area contributed by atoms with Gasteiger partial charge in [0.2, 0.25) is 0 Å². The lowest BCUT2D eigenvalue weighted by Gasteiger charge is -2.31. The van der Waals surface area contributed by atoms with E-state index in [4.69, 9.17) is 14.2 Å². The molecule has 0 unspecified atom stereocenters. The molecule has 7 nitrogen and oxygen atoms in total. The maximum Gasteiger partial charge on any atom is 0.335 e. The molecule has 8 heteroatoms. The molecule has 0 radical (unpaired) electrons. The molecule has 1 aliphatic carbocycles. The van der Waals surface area contributed by atoms with Crippen LogP contribution in [0.5, 0.6) is 0 Å². The van der Waals surface area contributed by atoms with Gasteiger partial charge in [0.15, 0.2) is 5.13 Å². The number of carbonyl (C=O) groups is 1. The Balaban J connectivity index is 1.14. The second-order valence-corrected chi connectivity index (χ2v) is 11.2. The van der Waals surface area contributed by atoms with Gasteiger partial charge < -0.3 is 19.3 Å². The smallest absolute Gasteiger partial charge is 0.335 e.